The zero-order valence-electron chi connectivity index (χ0n) is 11.0. The van der Waals surface area contributed by atoms with Gasteiger partial charge < -0.3 is 14.9 Å². The molecule has 4 saturated carbocycles. The van der Waals surface area contributed by atoms with Crippen LogP contribution in [0.15, 0.2) is 12.8 Å². The Hall–Kier alpha value is -0.540. The zero-order chi connectivity index (χ0) is 12.9. The van der Waals surface area contributed by atoms with Crippen LogP contribution in [0.25, 0.3) is 0 Å². The molecule has 3 nitrogen and oxygen atoms in total. The highest BCUT2D eigenvalue weighted by atomic mass is 16.5. The lowest BCUT2D eigenvalue weighted by molar-refractivity contribution is -0.231. The minimum absolute atomic E-state index is 0.160. The van der Waals surface area contributed by atoms with E-state index in [1.165, 1.54) is 12.7 Å². The predicted molar refractivity (Wildman–Crippen MR) is 68.9 cm³/mol. The quantitative estimate of drug-likeness (QED) is 0.583. The smallest absolute Gasteiger partial charge is 0.0873 e. The largest absolute Gasteiger partial charge is 0.502 e. The van der Waals surface area contributed by atoms with Crippen LogP contribution in [0.5, 0.6) is 0 Å². The molecule has 3 heteroatoms. The maximum atomic E-state index is 10.6. The van der Waals surface area contributed by atoms with Gasteiger partial charge in [-0.05, 0) is 56.3 Å². The Bertz CT molecular complexity index is 334. The van der Waals surface area contributed by atoms with Crippen LogP contribution >= 0.6 is 0 Å². The molecule has 2 N–H and O–H groups in total. The molecule has 4 fully saturated rings. The lowest BCUT2D eigenvalue weighted by atomic mass is 9.45. The summed E-state index contributed by atoms with van der Waals surface area (Å²) in [5.74, 6) is 0.525. The summed E-state index contributed by atoms with van der Waals surface area (Å²) >= 11 is 0. The highest BCUT2D eigenvalue weighted by molar-refractivity contribution is 5.14. The van der Waals surface area contributed by atoms with Gasteiger partial charge in [-0.2, -0.15) is 0 Å². The number of hydrogen-bond acceptors (Lipinski definition) is 3. The summed E-state index contributed by atoms with van der Waals surface area (Å²) in [7, 11) is 0. The third-order valence-electron chi connectivity index (χ3n) is 5.21. The molecule has 0 saturated heterocycles. The second kappa shape index (κ2) is 3.97. The molecule has 0 amide bonds. The van der Waals surface area contributed by atoms with Crippen LogP contribution in [0.1, 0.15) is 51.4 Å². The molecule has 0 aromatic rings. The topological polar surface area (TPSA) is 49.7 Å². The van der Waals surface area contributed by atoms with Crippen molar-refractivity contribution in [3.63, 3.8) is 0 Å². The van der Waals surface area contributed by atoms with Crippen molar-refractivity contribution in [2.75, 3.05) is 6.61 Å². The number of rotatable bonds is 5. The van der Waals surface area contributed by atoms with Gasteiger partial charge in [0.05, 0.1) is 24.1 Å². The van der Waals surface area contributed by atoms with E-state index in [9.17, 15) is 10.2 Å². The second-order valence-electron chi connectivity index (χ2n) is 7.10. The van der Waals surface area contributed by atoms with Gasteiger partial charge in [-0.25, -0.2) is 0 Å². The molecule has 4 aliphatic rings. The van der Waals surface area contributed by atoms with E-state index in [1.54, 1.807) is 0 Å². The zero-order valence-corrected chi connectivity index (χ0v) is 11.0. The van der Waals surface area contributed by atoms with E-state index < -0.39 is 11.2 Å². The van der Waals surface area contributed by atoms with Crippen LogP contribution in [0, 0.1) is 11.3 Å². The second-order valence-corrected chi connectivity index (χ2v) is 7.10. The summed E-state index contributed by atoms with van der Waals surface area (Å²) < 4.78 is 5.19. The van der Waals surface area contributed by atoms with Crippen LogP contribution in [0.3, 0.4) is 0 Å². The van der Waals surface area contributed by atoms with E-state index in [-0.39, 0.29) is 5.41 Å². The van der Waals surface area contributed by atoms with E-state index >= 15 is 0 Å². The minimum Gasteiger partial charge on any atom is -0.502 e. The first-order valence-corrected chi connectivity index (χ1v) is 7.14. The highest BCUT2D eigenvalue weighted by Crippen LogP contribution is 2.64. The van der Waals surface area contributed by atoms with Gasteiger partial charge in [-0.1, -0.05) is 6.58 Å². The molecular formula is C15H24O3. The van der Waals surface area contributed by atoms with Crippen LogP contribution in [0.2, 0.25) is 0 Å². The number of aliphatic hydroxyl groups is 2. The third-order valence-corrected chi connectivity index (χ3v) is 5.21. The van der Waals surface area contributed by atoms with Crippen LogP contribution in [0.4, 0.5) is 0 Å². The molecule has 0 radical (unpaired) electrons. The highest BCUT2D eigenvalue weighted by Gasteiger charge is 2.62. The fourth-order valence-electron chi connectivity index (χ4n) is 5.43. The molecule has 4 rings (SSSR count). The van der Waals surface area contributed by atoms with Gasteiger partial charge >= 0.3 is 0 Å². The Kier molecular flexibility index (Phi) is 2.76. The Morgan fingerprint density at radius 2 is 1.78 bits per heavy atom. The summed E-state index contributed by atoms with van der Waals surface area (Å²) in [6.07, 6.45) is 8.89. The summed E-state index contributed by atoms with van der Waals surface area (Å²) in [4.78, 5) is 0. The molecule has 2 atom stereocenters. The molecule has 4 bridgehead atoms. The van der Waals surface area contributed by atoms with Crippen molar-refractivity contribution in [1.82, 2.24) is 0 Å². The molecular weight excluding hydrogens is 228 g/mol. The number of ether oxygens (including phenoxy) is 1. The standard InChI is InChI=1S/C15H24O3/c1-2-18-5-3-4-13-6-12-7-14(16,9-13)11-15(17,8-12)10-13/h2,12,16-17H,1,3-11H2. The molecule has 2 unspecified atom stereocenters. The van der Waals surface area contributed by atoms with E-state index in [1.807, 2.05) is 0 Å². The molecule has 18 heavy (non-hydrogen) atoms. The van der Waals surface area contributed by atoms with E-state index in [0.29, 0.717) is 18.9 Å². The SMILES string of the molecule is C=COCCCC12CC3CC(O)(CC(O)(C3)C1)C2. The van der Waals surface area contributed by atoms with Gasteiger partial charge in [0.15, 0.2) is 0 Å². The summed E-state index contributed by atoms with van der Waals surface area (Å²) in [5, 5.41) is 21.3. The van der Waals surface area contributed by atoms with Crippen molar-refractivity contribution in [2.45, 2.75) is 62.6 Å². The fourth-order valence-corrected chi connectivity index (χ4v) is 5.43. The van der Waals surface area contributed by atoms with Gasteiger partial charge in [0.25, 0.3) is 0 Å². The van der Waals surface area contributed by atoms with Crippen LogP contribution in [-0.2, 0) is 4.74 Å². The molecule has 0 aromatic carbocycles. The van der Waals surface area contributed by atoms with Crippen molar-refractivity contribution in [3.05, 3.63) is 12.8 Å². The third kappa shape index (κ3) is 2.08. The molecule has 4 aliphatic carbocycles. The van der Waals surface area contributed by atoms with Crippen molar-refractivity contribution in [3.8, 4) is 0 Å². The Morgan fingerprint density at radius 1 is 1.11 bits per heavy atom. The lowest BCUT2D eigenvalue weighted by Crippen LogP contribution is -2.63. The van der Waals surface area contributed by atoms with Crippen molar-refractivity contribution < 1.29 is 14.9 Å². The minimum atomic E-state index is -0.590. The summed E-state index contributed by atoms with van der Waals surface area (Å²) in [6.45, 7) is 4.25. The van der Waals surface area contributed by atoms with Gasteiger partial charge in [-0.3, -0.25) is 0 Å². The van der Waals surface area contributed by atoms with Crippen LogP contribution < -0.4 is 0 Å². The van der Waals surface area contributed by atoms with E-state index in [0.717, 1.165) is 38.5 Å². The first-order valence-electron chi connectivity index (χ1n) is 7.14. The Morgan fingerprint density at radius 3 is 2.33 bits per heavy atom. The molecule has 0 heterocycles. The lowest BCUT2D eigenvalue weighted by Gasteiger charge is -2.63. The maximum absolute atomic E-state index is 10.6. The molecule has 0 aliphatic heterocycles. The van der Waals surface area contributed by atoms with Crippen molar-refractivity contribution in [2.24, 2.45) is 11.3 Å². The Labute approximate surface area is 109 Å². The first-order chi connectivity index (χ1) is 8.47. The van der Waals surface area contributed by atoms with E-state index in [2.05, 4.69) is 6.58 Å². The summed E-state index contributed by atoms with van der Waals surface area (Å²) in [6, 6.07) is 0. The van der Waals surface area contributed by atoms with Gasteiger partial charge in [0.1, 0.15) is 0 Å². The van der Waals surface area contributed by atoms with Gasteiger partial charge in [0.2, 0.25) is 0 Å². The van der Waals surface area contributed by atoms with Crippen LogP contribution in [-0.4, -0.2) is 28.0 Å². The first kappa shape index (κ1) is 12.5. The molecule has 0 spiro atoms. The fraction of sp³-hybridized carbons (Fsp3) is 0.867. The average Bonchev–Trinajstić information content (AvgIpc) is 2.19. The van der Waals surface area contributed by atoms with Gasteiger partial charge in [0, 0.05) is 6.42 Å². The van der Waals surface area contributed by atoms with Crippen molar-refractivity contribution >= 4 is 0 Å². The molecule has 102 valence electrons. The van der Waals surface area contributed by atoms with E-state index in [4.69, 9.17) is 4.74 Å². The van der Waals surface area contributed by atoms with Gasteiger partial charge in [-0.15, -0.1) is 0 Å². The monoisotopic (exact) mass is 252 g/mol. The normalized spacial score (nSPS) is 49.3. The Balaban J connectivity index is 1.70. The number of hydrogen-bond donors (Lipinski definition) is 2. The van der Waals surface area contributed by atoms with Crippen molar-refractivity contribution in [1.29, 1.82) is 0 Å². The average molecular weight is 252 g/mol. The maximum Gasteiger partial charge on any atom is 0.0873 e. The predicted octanol–water partition coefficient (Wildman–Crippen LogP) is 2.37. The summed E-state index contributed by atoms with van der Waals surface area (Å²) in [5.41, 5.74) is -1.02. The molecule has 0 aromatic heterocycles.